The molecule has 0 aromatic carbocycles. The summed E-state index contributed by atoms with van der Waals surface area (Å²) in [6, 6.07) is 0.992. The van der Waals surface area contributed by atoms with Gasteiger partial charge in [0.25, 0.3) is 0 Å². The Bertz CT molecular complexity index is 276. The van der Waals surface area contributed by atoms with Crippen molar-refractivity contribution in [3.63, 3.8) is 0 Å². The van der Waals surface area contributed by atoms with Gasteiger partial charge >= 0.3 is 6.18 Å². The highest BCUT2D eigenvalue weighted by Gasteiger charge is 2.42. The van der Waals surface area contributed by atoms with Gasteiger partial charge in [-0.1, -0.05) is 0 Å². The first-order valence-electron chi connectivity index (χ1n) is 7.51. The van der Waals surface area contributed by atoms with Crippen molar-refractivity contribution in [3.05, 3.63) is 0 Å². The number of piperidine rings is 1. The molecule has 1 aliphatic heterocycles. The molecular formula is C14H25F3N2. The predicted octanol–water partition coefficient (Wildman–Crippen LogP) is 3.18. The van der Waals surface area contributed by atoms with Crippen LogP contribution in [0.5, 0.6) is 0 Å². The Morgan fingerprint density at radius 2 is 2.00 bits per heavy atom. The number of halogens is 3. The largest absolute Gasteiger partial charge is 0.393 e. The average molecular weight is 278 g/mol. The van der Waals surface area contributed by atoms with E-state index in [1.165, 1.54) is 12.8 Å². The number of hydrogen-bond acceptors (Lipinski definition) is 2. The van der Waals surface area contributed by atoms with Crippen LogP contribution in [0.1, 0.15) is 45.4 Å². The molecule has 0 amide bonds. The van der Waals surface area contributed by atoms with E-state index in [-0.39, 0.29) is 12.6 Å². The van der Waals surface area contributed by atoms with Crippen LogP contribution in [0.4, 0.5) is 13.2 Å². The van der Waals surface area contributed by atoms with Crippen LogP contribution in [0.25, 0.3) is 0 Å². The number of rotatable bonds is 6. The molecule has 0 aromatic heterocycles. The first-order chi connectivity index (χ1) is 8.97. The van der Waals surface area contributed by atoms with Crippen LogP contribution in [0.3, 0.4) is 0 Å². The monoisotopic (exact) mass is 278 g/mol. The topological polar surface area (TPSA) is 15.3 Å². The van der Waals surface area contributed by atoms with E-state index in [0.29, 0.717) is 12.8 Å². The van der Waals surface area contributed by atoms with Crippen LogP contribution >= 0.6 is 0 Å². The SMILES string of the molecule is CC(CCCNC1CC1)N1CCCC(C(F)(F)F)C1. The molecule has 1 N–H and O–H groups in total. The predicted molar refractivity (Wildman–Crippen MR) is 70.1 cm³/mol. The Morgan fingerprint density at radius 1 is 1.26 bits per heavy atom. The van der Waals surface area contributed by atoms with Crippen molar-refractivity contribution in [2.45, 2.75) is 63.7 Å². The van der Waals surface area contributed by atoms with E-state index in [0.717, 1.165) is 32.0 Å². The van der Waals surface area contributed by atoms with Crippen LogP contribution in [-0.2, 0) is 0 Å². The van der Waals surface area contributed by atoms with Gasteiger partial charge in [-0.2, -0.15) is 13.2 Å². The maximum atomic E-state index is 12.7. The summed E-state index contributed by atoms with van der Waals surface area (Å²) in [5.41, 5.74) is 0. The van der Waals surface area contributed by atoms with Crippen LogP contribution < -0.4 is 5.32 Å². The van der Waals surface area contributed by atoms with E-state index >= 15 is 0 Å². The average Bonchev–Trinajstić information content (AvgIpc) is 3.17. The highest BCUT2D eigenvalue weighted by Crippen LogP contribution is 2.34. The van der Waals surface area contributed by atoms with Crippen LogP contribution in [0.2, 0.25) is 0 Å². The van der Waals surface area contributed by atoms with E-state index in [1.54, 1.807) is 0 Å². The highest BCUT2D eigenvalue weighted by atomic mass is 19.4. The van der Waals surface area contributed by atoms with Gasteiger partial charge in [-0.05, 0) is 58.5 Å². The van der Waals surface area contributed by atoms with Gasteiger partial charge in [-0.25, -0.2) is 0 Å². The number of likely N-dealkylation sites (tertiary alicyclic amines) is 1. The van der Waals surface area contributed by atoms with E-state index in [9.17, 15) is 13.2 Å². The second-order valence-corrected chi connectivity index (χ2v) is 6.10. The Hall–Kier alpha value is -0.290. The molecular weight excluding hydrogens is 253 g/mol. The molecule has 2 aliphatic rings. The standard InChI is InChI=1S/C14H25F3N2/c1-11(4-2-8-18-13-6-7-13)19-9-3-5-12(10-19)14(15,16)17/h11-13,18H,2-10H2,1H3. The Kier molecular flexibility index (Phi) is 5.12. The van der Waals surface area contributed by atoms with Crippen LogP contribution in [0, 0.1) is 5.92 Å². The molecule has 0 bridgehead atoms. The minimum atomic E-state index is -4.02. The highest BCUT2D eigenvalue weighted by molar-refractivity contribution is 4.82. The molecule has 2 rings (SSSR count). The van der Waals surface area contributed by atoms with E-state index in [2.05, 4.69) is 12.2 Å². The van der Waals surface area contributed by atoms with Gasteiger partial charge in [0.05, 0.1) is 5.92 Å². The lowest BCUT2D eigenvalue weighted by molar-refractivity contribution is -0.188. The molecule has 19 heavy (non-hydrogen) atoms. The number of nitrogens with one attached hydrogen (secondary N) is 1. The summed E-state index contributed by atoms with van der Waals surface area (Å²) in [6.45, 7) is 4.09. The van der Waals surface area contributed by atoms with Crippen molar-refractivity contribution >= 4 is 0 Å². The van der Waals surface area contributed by atoms with E-state index < -0.39 is 12.1 Å². The fraction of sp³-hybridized carbons (Fsp3) is 1.00. The molecule has 1 saturated heterocycles. The van der Waals surface area contributed by atoms with Gasteiger partial charge in [0.1, 0.15) is 0 Å². The summed E-state index contributed by atoms with van der Waals surface area (Å²) in [5, 5.41) is 3.45. The first-order valence-corrected chi connectivity index (χ1v) is 7.51. The fourth-order valence-electron chi connectivity index (χ4n) is 2.85. The molecule has 5 heteroatoms. The third-order valence-corrected chi connectivity index (χ3v) is 4.35. The zero-order valence-corrected chi connectivity index (χ0v) is 11.7. The molecule has 2 nitrogen and oxygen atoms in total. The summed E-state index contributed by atoms with van der Waals surface area (Å²) in [7, 11) is 0. The minimum absolute atomic E-state index is 0.195. The van der Waals surface area contributed by atoms with Gasteiger partial charge in [0, 0.05) is 18.6 Å². The van der Waals surface area contributed by atoms with Crippen LogP contribution in [-0.4, -0.2) is 42.8 Å². The molecule has 1 heterocycles. The molecule has 1 saturated carbocycles. The normalized spacial score (nSPS) is 27.5. The minimum Gasteiger partial charge on any atom is -0.314 e. The molecule has 2 atom stereocenters. The molecule has 2 unspecified atom stereocenters. The summed E-state index contributed by atoms with van der Waals surface area (Å²) in [6.07, 6.45) is 1.58. The summed E-state index contributed by atoms with van der Waals surface area (Å²) >= 11 is 0. The second kappa shape index (κ2) is 6.44. The lowest BCUT2D eigenvalue weighted by Crippen LogP contribution is -2.45. The molecule has 0 radical (unpaired) electrons. The Morgan fingerprint density at radius 3 is 2.63 bits per heavy atom. The lowest BCUT2D eigenvalue weighted by atomic mass is 9.95. The van der Waals surface area contributed by atoms with E-state index in [4.69, 9.17) is 0 Å². The quantitative estimate of drug-likeness (QED) is 0.751. The maximum Gasteiger partial charge on any atom is 0.393 e. The van der Waals surface area contributed by atoms with Gasteiger partial charge in [0.15, 0.2) is 0 Å². The maximum absolute atomic E-state index is 12.7. The van der Waals surface area contributed by atoms with Crippen molar-refractivity contribution in [3.8, 4) is 0 Å². The first kappa shape index (κ1) is 15.1. The summed E-state index contributed by atoms with van der Waals surface area (Å²) in [5.74, 6) is -1.12. The van der Waals surface area contributed by atoms with Gasteiger partial charge in [-0.3, -0.25) is 0 Å². The number of hydrogen-bond donors (Lipinski definition) is 1. The molecule has 0 spiro atoms. The molecule has 1 aliphatic carbocycles. The Balaban J connectivity index is 1.67. The van der Waals surface area contributed by atoms with Gasteiger partial charge in [0.2, 0.25) is 0 Å². The van der Waals surface area contributed by atoms with Gasteiger partial charge in [-0.15, -0.1) is 0 Å². The van der Waals surface area contributed by atoms with Crippen molar-refractivity contribution in [1.29, 1.82) is 0 Å². The third-order valence-electron chi connectivity index (χ3n) is 4.35. The molecule has 112 valence electrons. The molecule has 2 fully saturated rings. The van der Waals surface area contributed by atoms with Crippen molar-refractivity contribution in [2.75, 3.05) is 19.6 Å². The van der Waals surface area contributed by atoms with Crippen LogP contribution in [0.15, 0.2) is 0 Å². The summed E-state index contributed by atoms with van der Waals surface area (Å²) < 4.78 is 38.2. The third kappa shape index (κ3) is 4.95. The van der Waals surface area contributed by atoms with Gasteiger partial charge < -0.3 is 10.2 Å². The lowest BCUT2D eigenvalue weighted by Gasteiger charge is -2.37. The number of alkyl halides is 3. The second-order valence-electron chi connectivity index (χ2n) is 6.10. The van der Waals surface area contributed by atoms with Crippen molar-refractivity contribution in [2.24, 2.45) is 5.92 Å². The number of nitrogens with zero attached hydrogens (tertiary/aromatic N) is 1. The summed E-state index contributed by atoms with van der Waals surface area (Å²) in [4.78, 5) is 2.03. The zero-order chi connectivity index (χ0) is 13.9. The van der Waals surface area contributed by atoms with Crippen molar-refractivity contribution in [1.82, 2.24) is 10.2 Å². The van der Waals surface area contributed by atoms with Crippen molar-refractivity contribution < 1.29 is 13.2 Å². The van der Waals surface area contributed by atoms with E-state index in [1.807, 2.05) is 4.90 Å². The fourth-order valence-corrected chi connectivity index (χ4v) is 2.85. The smallest absolute Gasteiger partial charge is 0.314 e. The Labute approximate surface area is 113 Å². The zero-order valence-electron chi connectivity index (χ0n) is 11.7. The molecule has 0 aromatic rings.